The van der Waals surface area contributed by atoms with Crippen LogP contribution in [0.25, 0.3) is 11.5 Å². The van der Waals surface area contributed by atoms with Crippen molar-refractivity contribution in [2.24, 2.45) is 4.99 Å². The molecular formula is C22H27N5O2. The Morgan fingerprint density at radius 3 is 2.66 bits per heavy atom. The van der Waals surface area contributed by atoms with E-state index in [2.05, 4.69) is 25.6 Å². The number of hydrogen-bond acceptors (Lipinski definition) is 5. The van der Waals surface area contributed by atoms with E-state index < -0.39 is 0 Å². The van der Waals surface area contributed by atoms with Crippen LogP contribution in [0.1, 0.15) is 32.0 Å². The molecule has 0 unspecified atom stereocenters. The molecule has 152 valence electrons. The van der Waals surface area contributed by atoms with Gasteiger partial charge in [0.15, 0.2) is 5.96 Å². The zero-order chi connectivity index (χ0) is 20.5. The van der Waals surface area contributed by atoms with Crippen LogP contribution in [0, 0.1) is 0 Å². The first-order chi connectivity index (χ1) is 14.1. The third-order valence-electron chi connectivity index (χ3n) is 3.93. The zero-order valence-corrected chi connectivity index (χ0v) is 17.1. The lowest BCUT2D eigenvalue weighted by Crippen LogP contribution is -2.36. The summed E-state index contributed by atoms with van der Waals surface area (Å²) in [7, 11) is 0. The van der Waals surface area contributed by atoms with E-state index in [-0.39, 0.29) is 6.10 Å². The van der Waals surface area contributed by atoms with Crippen molar-refractivity contribution in [1.29, 1.82) is 0 Å². The standard InChI is InChI=1S/C22H27N5O2/c1-4-23-22(25-13-17-10-11-20(24-12-17)29-16(2)3)26-14-19-15-28-21(27-19)18-8-6-5-7-9-18/h5-12,15-16H,4,13-14H2,1-3H3,(H2,23,25,26). The summed E-state index contributed by atoms with van der Waals surface area (Å²) in [5.74, 6) is 1.94. The lowest BCUT2D eigenvalue weighted by molar-refractivity contribution is 0.232. The number of nitrogens with one attached hydrogen (secondary N) is 2. The molecule has 3 rings (SSSR count). The summed E-state index contributed by atoms with van der Waals surface area (Å²) in [6.45, 7) is 7.78. The molecule has 0 amide bonds. The molecule has 2 N–H and O–H groups in total. The minimum atomic E-state index is 0.106. The summed E-state index contributed by atoms with van der Waals surface area (Å²) in [6.07, 6.45) is 3.56. The van der Waals surface area contributed by atoms with Gasteiger partial charge >= 0.3 is 0 Å². The molecular weight excluding hydrogens is 366 g/mol. The van der Waals surface area contributed by atoms with Gasteiger partial charge in [0, 0.05) is 24.4 Å². The maximum Gasteiger partial charge on any atom is 0.226 e. The van der Waals surface area contributed by atoms with Gasteiger partial charge in [-0.25, -0.2) is 15.0 Å². The number of aliphatic imine (C=N–C) groups is 1. The highest BCUT2D eigenvalue weighted by atomic mass is 16.5. The number of aromatic nitrogens is 2. The molecule has 0 atom stereocenters. The Kier molecular flexibility index (Phi) is 7.22. The van der Waals surface area contributed by atoms with E-state index >= 15 is 0 Å². The molecule has 0 saturated carbocycles. The SMILES string of the molecule is CCNC(=NCc1ccc(OC(C)C)nc1)NCc1coc(-c2ccccc2)n1. The molecule has 0 saturated heterocycles. The Morgan fingerprint density at radius 2 is 1.97 bits per heavy atom. The van der Waals surface area contributed by atoms with E-state index in [1.165, 1.54) is 0 Å². The van der Waals surface area contributed by atoms with Crippen molar-refractivity contribution in [1.82, 2.24) is 20.6 Å². The number of guanidine groups is 1. The van der Waals surface area contributed by atoms with Gasteiger partial charge in [0.2, 0.25) is 11.8 Å². The van der Waals surface area contributed by atoms with Crippen LogP contribution in [-0.4, -0.2) is 28.6 Å². The second-order valence-electron chi connectivity index (χ2n) is 6.73. The van der Waals surface area contributed by atoms with E-state index in [1.807, 2.05) is 63.2 Å². The first-order valence-corrected chi connectivity index (χ1v) is 9.77. The van der Waals surface area contributed by atoms with Gasteiger partial charge in [-0.05, 0) is 38.5 Å². The maximum atomic E-state index is 5.58. The highest BCUT2D eigenvalue weighted by Crippen LogP contribution is 2.17. The first kappa shape index (κ1) is 20.4. The van der Waals surface area contributed by atoms with E-state index in [0.717, 1.165) is 23.4 Å². The third kappa shape index (κ3) is 6.34. The van der Waals surface area contributed by atoms with Crippen LogP contribution in [0.4, 0.5) is 0 Å². The number of oxazole rings is 1. The van der Waals surface area contributed by atoms with Gasteiger partial charge in [-0.2, -0.15) is 0 Å². The Morgan fingerprint density at radius 1 is 1.14 bits per heavy atom. The smallest absolute Gasteiger partial charge is 0.226 e. The van der Waals surface area contributed by atoms with Crippen molar-refractivity contribution >= 4 is 5.96 Å². The second kappa shape index (κ2) is 10.3. The van der Waals surface area contributed by atoms with Crippen LogP contribution < -0.4 is 15.4 Å². The van der Waals surface area contributed by atoms with Crippen molar-refractivity contribution in [3.63, 3.8) is 0 Å². The fraction of sp³-hybridized carbons (Fsp3) is 0.318. The van der Waals surface area contributed by atoms with E-state index in [4.69, 9.17) is 9.15 Å². The van der Waals surface area contributed by atoms with Crippen molar-refractivity contribution in [3.05, 3.63) is 66.2 Å². The predicted molar refractivity (Wildman–Crippen MR) is 114 cm³/mol. The second-order valence-corrected chi connectivity index (χ2v) is 6.73. The first-order valence-electron chi connectivity index (χ1n) is 9.77. The van der Waals surface area contributed by atoms with E-state index in [1.54, 1.807) is 12.5 Å². The number of ether oxygens (including phenoxy) is 1. The van der Waals surface area contributed by atoms with Crippen LogP contribution in [0.2, 0.25) is 0 Å². The molecule has 0 aliphatic carbocycles. The van der Waals surface area contributed by atoms with E-state index in [0.29, 0.717) is 30.8 Å². The Hall–Kier alpha value is -3.35. The summed E-state index contributed by atoms with van der Waals surface area (Å²) >= 11 is 0. The van der Waals surface area contributed by atoms with Crippen molar-refractivity contribution in [2.75, 3.05) is 6.54 Å². The fourth-order valence-electron chi connectivity index (χ4n) is 2.60. The summed E-state index contributed by atoms with van der Waals surface area (Å²) in [4.78, 5) is 13.5. The predicted octanol–water partition coefficient (Wildman–Crippen LogP) is 3.78. The quantitative estimate of drug-likeness (QED) is 0.448. The minimum Gasteiger partial charge on any atom is -0.475 e. The van der Waals surface area contributed by atoms with Gasteiger partial charge in [0.25, 0.3) is 0 Å². The number of benzene rings is 1. The molecule has 0 aliphatic rings. The molecule has 0 radical (unpaired) electrons. The molecule has 3 aromatic rings. The van der Waals surface area contributed by atoms with Crippen molar-refractivity contribution in [3.8, 4) is 17.3 Å². The van der Waals surface area contributed by atoms with Gasteiger partial charge in [-0.1, -0.05) is 24.3 Å². The Bertz CT molecular complexity index is 904. The average molecular weight is 393 g/mol. The molecule has 2 heterocycles. The van der Waals surface area contributed by atoms with Crippen LogP contribution in [0.5, 0.6) is 5.88 Å². The monoisotopic (exact) mass is 393 g/mol. The van der Waals surface area contributed by atoms with Gasteiger partial charge in [0.1, 0.15) is 6.26 Å². The summed E-state index contributed by atoms with van der Waals surface area (Å²) in [5.41, 5.74) is 2.77. The molecule has 1 aromatic carbocycles. The lowest BCUT2D eigenvalue weighted by atomic mass is 10.2. The topological polar surface area (TPSA) is 84.6 Å². The lowest BCUT2D eigenvalue weighted by Gasteiger charge is -2.10. The van der Waals surface area contributed by atoms with Gasteiger partial charge < -0.3 is 19.8 Å². The summed E-state index contributed by atoms with van der Waals surface area (Å²) in [5, 5.41) is 6.52. The van der Waals surface area contributed by atoms with Gasteiger partial charge in [0.05, 0.1) is 24.9 Å². The zero-order valence-electron chi connectivity index (χ0n) is 17.1. The molecule has 2 aromatic heterocycles. The highest BCUT2D eigenvalue weighted by Gasteiger charge is 2.07. The van der Waals surface area contributed by atoms with Gasteiger partial charge in [-0.15, -0.1) is 0 Å². The maximum absolute atomic E-state index is 5.58. The average Bonchev–Trinajstić information content (AvgIpc) is 3.20. The molecule has 0 aliphatic heterocycles. The highest BCUT2D eigenvalue weighted by molar-refractivity contribution is 5.79. The Labute approximate surface area is 171 Å². The van der Waals surface area contributed by atoms with Crippen LogP contribution >= 0.6 is 0 Å². The molecule has 29 heavy (non-hydrogen) atoms. The van der Waals surface area contributed by atoms with E-state index in [9.17, 15) is 0 Å². The summed E-state index contributed by atoms with van der Waals surface area (Å²) < 4.78 is 11.1. The number of hydrogen-bond donors (Lipinski definition) is 2. The third-order valence-corrected chi connectivity index (χ3v) is 3.93. The van der Waals surface area contributed by atoms with Crippen molar-refractivity contribution in [2.45, 2.75) is 40.0 Å². The molecule has 7 heteroatoms. The van der Waals surface area contributed by atoms with Crippen LogP contribution in [-0.2, 0) is 13.1 Å². The number of rotatable bonds is 8. The Balaban J connectivity index is 1.57. The van der Waals surface area contributed by atoms with Crippen LogP contribution in [0.15, 0.2) is 64.3 Å². The van der Waals surface area contributed by atoms with Crippen molar-refractivity contribution < 1.29 is 9.15 Å². The number of pyridine rings is 1. The molecule has 0 bridgehead atoms. The molecule has 7 nitrogen and oxygen atoms in total. The van der Waals surface area contributed by atoms with Gasteiger partial charge in [-0.3, -0.25) is 0 Å². The molecule has 0 spiro atoms. The molecule has 0 fully saturated rings. The number of nitrogens with zero attached hydrogens (tertiary/aromatic N) is 3. The largest absolute Gasteiger partial charge is 0.475 e. The van der Waals surface area contributed by atoms with Crippen LogP contribution in [0.3, 0.4) is 0 Å². The normalized spacial score (nSPS) is 11.5. The minimum absolute atomic E-state index is 0.106. The summed E-state index contributed by atoms with van der Waals surface area (Å²) in [6, 6.07) is 13.7. The fourth-order valence-corrected chi connectivity index (χ4v) is 2.60.